The Morgan fingerprint density at radius 2 is 2.40 bits per heavy atom. The van der Waals surface area contributed by atoms with Crippen molar-refractivity contribution in [2.75, 3.05) is 6.61 Å². The lowest BCUT2D eigenvalue weighted by atomic mass is 10.4. The monoisotopic (exact) mass is 160 g/mol. The molecule has 1 rings (SSSR count). The number of thiol groups is 1. The first-order chi connectivity index (χ1) is 4.70. The average molecular weight is 160 g/mol. The van der Waals surface area contributed by atoms with Gasteiger partial charge in [0.05, 0.1) is 11.9 Å². The van der Waals surface area contributed by atoms with Gasteiger partial charge in [-0.25, -0.2) is 0 Å². The zero-order valence-electron chi connectivity index (χ0n) is 6.04. The lowest BCUT2D eigenvalue weighted by molar-refractivity contribution is -0.143. The molecule has 0 spiro atoms. The molecule has 1 fully saturated rings. The van der Waals surface area contributed by atoms with Gasteiger partial charge in [-0.05, 0) is 25.7 Å². The van der Waals surface area contributed by atoms with Gasteiger partial charge >= 0.3 is 5.97 Å². The molecule has 1 unspecified atom stereocenters. The molecule has 1 saturated carbocycles. The third-order valence-electron chi connectivity index (χ3n) is 1.50. The Hall–Kier alpha value is -0.180. The maximum absolute atomic E-state index is 10.8. The summed E-state index contributed by atoms with van der Waals surface area (Å²) >= 11 is 3.94. The fourth-order valence-electron chi connectivity index (χ4n) is 0.605. The van der Waals surface area contributed by atoms with E-state index in [-0.39, 0.29) is 11.2 Å². The van der Waals surface area contributed by atoms with Gasteiger partial charge in [0.1, 0.15) is 0 Å². The van der Waals surface area contributed by atoms with Crippen LogP contribution in [0.1, 0.15) is 19.8 Å². The van der Waals surface area contributed by atoms with Crippen molar-refractivity contribution >= 4 is 18.6 Å². The first-order valence-electron chi connectivity index (χ1n) is 3.55. The van der Waals surface area contributed by atoms with E-state index in [1.165, 1.54) is 12.8 Å². The normalized spacial score (nSPS) is 20.2. The first kappa shape index (κ1) is 7.92. The molecular formula is C7H12O2S. The molecule has 0 amide bonds. The highest BCUT2D eigenvalue weighted by molar-refractivity contribution is 7.81. The van der Waals surface area contributed by atoms with E-state index in [4.69, 9.17) is 4.74 Å². The number of ether oxygens (including phenoxy) is 1. The van der Waals surface area contributed by atoms with E-state index in [0.717, 1.165) is 0 Å². The second-order valence-electron chi connectivity index (χ2n) is 2.75. The molecule has 2 nitrogen and oxygen atoms in total. The van der Waals surface area contributed by atoms with Crippen molar-refractivity contribution in [2.24, 2.45) is 5.92 Å². The highest BCUT2D eigenvalue weighted by atomic mass is 32.1. The fourth-order valence-corrected chi connectivity index (χ4v) is 0.680. The molecule has 0 aromatic heterocycles. The molecule has 0 saturated heterocycles. The lowest BCUT2D eigenvalue weighted by Gasteiger charge is -2.04. The number of carbonyl (C=O) groups is 1. The smallest absolute Gasteiger partial charge is 0.318 e. The number of esters is 1. The summed E-state index contributed by atoms with van der Waals surface area (Å²) in [5.41, 5.74) is 0. The van der Waals surface area contributed by atoms with E-state index in [0.29, 0.717) is 12.5 Å². The van der Waals surface area contributed by atoms with Gasteiger partial charge in [0.2, 0.25) is 0 Å². The largest absolute Gasteiger partial charge is 0.465 e. The Bertz CT molecular complexity index is 130. The van der Waals surface area contributed by atoms with Crippen molar-refractivity contribution in [3.63, 3.8) is 0 Å². The molecule has 0 heterocycles. The van der Waals surface area contributed by atoms with Gasteiger partial charge in [0.15, 0.2) is 0 Å². The molecule has 1 aliphatic carbocycles. The predicted molar refractivity (Wildman–Crippen MR) is 42.1 cm³/mol. The van der Waals surface area contributed by atoms with Crippen LogP contribution in [0.25, 0.3) is 0 Å². The summed E-state index contributed by atoms with van der Waals surface area (Å²) in [5.74, 6) is 0.450. The van der Waals surface area contributed by atoms with Crippen molar-refractivity contribution in [1.29, 1.82) is 0 Å². The molecule has 1 atom stereocenters. The van der Waals surface area contributed by atoms with Crippen LogP contribution in [0.2, 0.25) is 0 Å². The minimum atomic E-state index is -0.279. The van der Waals surface area contributed by atoms with Gasteiger partial charge in [0, 0.05) is 0 Å². The predicted octanol–water partition coefficient (Wildman–Crippen LogP) is 1.26. The zero-order chi connectivity index (χ0) is 7.56. The van der Waals surface area contributed by atoms with Crippen LogP contribution < -0.4 is 0 Å². The Kier molecular flexibility index (Phi) is 2.60. The van der Waals surface area contributed by atoms with Gasteiger partial charge < -0.3 is 4.74 Å². The quantitative estimate of drug-likeness (QED) is 0.497. The number of rotatable bonds is 3. The van der Waals surface area contributed by atoms with Gasteiger partial charge in [0.25, 0.3) is 0 Å². The van der Waals surface area contributed by atoms with E-state index in [2.05, 4.69) is 12.6 Å². The lowest BCUT2D eigenvalue weighted by Crippen LogP contribution is -2.15. The van der Waals surface area contributed by atoms with Gasteiger partial charge in [-0.2, -0.15) is 12.6 Å². The molecule has 0 bridgehead atoms. The summed E-state index contributed by atoms with van der Waals surface area (Å²) < 4.78 is 4.91. The second-order valence-corrected chi connectivity index (χ2v) is 3.52. The Labute approximate surface area is 66.4 Å². The molecular weight excluding hydrogens is 148 g/mol. The van der Waals surface area contributed by atoms with Crippen LogP contribution in [-0.4, -0.2) is 17.8 Å². The van der Waals surface area contributed by atoms with Crippen LogP contribution in [-0.2, 0) is 9.53 Å². The maximum atomic E-state index is 10.8. The number of hydrogen-bond donors (Lipinski definition) is 1. The standard InChI is InChI=1S/C7H12O2S/c1-5(10)7(8)9-4-6-2-3-6/h5-6,10H,2-4H2,1H3. The van der Waals surface area contributed by atoms with Crippen LogP contribution in [0.15, 0.2) is 0 Å². The van der Waals surface area contributed by atoms with Crippen LogP contribution >= 0.6 is 12.6 Å². The van der Waals surface area contributed by atoms with Crippen molar-refractivity contribution in [1.82, 2.24) is 0 Å². The third-order valence-corrected chi connectivity index (χ3v) is 1.71. The van der Waals surface area contributed by atoms with Crippen LogP contribution in [0.3, 0.4) is 0 Å². The summed E-state index contributed by atoms with van der Waals surface area (Å²) in [5, 5.41) is -0.279. The van der Waals surface area contributed by atoms with Crippen molar-refractivity contribution in [3.05, 3.63) is 0 Å². The second kappa shape index (κ2) is 3.28. The molecule has 0 N–H and O–H groups in total. The number of carbonyl (C=O) groups excluding carboxylic acids is 1. The minimum Gasteiger partial charge on any atom is -0.465 e. The summed E-state index contributed by atoms with van der Waals surface area (Å²) in [6.07, 6.45) is 2.43. The minimum absolute atomic E-state index is 0.199. The van der Waals surface area contributed by atoms with Crippen molar-refractivity contribution < 1.29 is 9.53 Å². The van der Waals surface area contributed by atoms with Crippen LogP contribution in [0.5, 0.6) is 0 Å². The zero-order valence-corrected chi connectivity index (χ0v) is 6.93. The Morgan fingerprint density at radius 3 is 2.80 bits per heavy atom. The fraction of sp³-hybridized carbons (Fsp3) is 0.857. The molecule has 0 radical (unpaired) electrons. The highest BCUT2D eigenvalue weighted by Crippen LogP contribution is 2.28. The molecule has 1 aliphatic rings. The van der Waals surface area contributed by atoms with Gasteiger partial charge in [-0.1, -0.05) is 0 Å². The average Bonchev–Trinajstić information content (AvgIpc) is 2.64. The van der Waals surface area contributed by atoms with E-state index < -0.39 is 0 Å². The van der Waals surface area contributed by atoms with E-state index in [1.807, 2.05) is 0 Å². The molecule has 0 aromatic carbocycles. The van der Waals surface area contributed by atoms with E-state index in [1.54, 1.807) is 6.92 Å². The molecule has 0 aliphatic heterocycles. The topological polar surface area (TPSA) is 26.3 Å². The summed E-state index contributed by atoms with van der Waals surface area (Å²) in [4.78, 5) is 10.8. The first-order valence-corrected chi connectivity index (χ1v) is 4.06. The Balaban J connectivity index is 2.05. The SMILES string of the molecule is CC(S)C(=O)OCC1CC1. The highest BCUT2D eigenvalue weighted by Gasteiger charge is 2.23. The summed E-state index contributed by atoms with van der Waals surface area (Å²) in [7, 11) is 0. The molecule has 3 heteroatoms. The molecule has 58 valence electrons. The summed E-state index contributed by atoms with van der Waals surface area (Å²) in [6.45, 7) is 2.32. The van der Waals surface area contributed by atoms with Crippen molar-refractivity contribution in [2.45, 2.75) is 25.0 Å². The van der Waals surface area contributed by atoms with Crippen LogP contribution in [0.4, 0.5) is 0 Å². The number of hydrogen-bond acceptors (Lipinski definition) is 3. The van der Waals surface area contributed by atoms with Crippen LogP contribution in [0, 0.1) is 5.92 Å². The van der Waals surface area contributed by atoms with E-state index >= 15 is 0 Å². The third kappa shape index (κ3) is 2.60. The summed E-state index contributed by atoms with van der Waals surface area (Å²) in [6, 6.07) is 0. The molecule has 10 heavy (non-hydrogen) atoms. The van der Waals surface area contributed by atoms with Gasteiger partial charge in [-0.15, -0.1) is 0 Å². The van der Waals surface area contributed by atoms with Gasteiger partial charge in [-0.3, -0.25) is 4.79 Å². The maximum Gasteiger partial charge on any atom is 0.318 e. The van der Waals surface area contributed by atoms with E-state index in [9.17, 15) is 4.79 Å². The van der Waals surface area contributed by atoms with Crippen molar-refractivity contribution in [3.8, 4) is 0 Å². The molecule has 0 aromatic rings. The Morgan fingerprint density at radius 1 is 1.80 bits per heavy atom.